The Labute approximate surface area is 105 Å². The molecule has 3 aromatic heterocycles. The molecule has 0 unspecified atom stereocenters. The molecule has 3 rings (SSSR count). The lowest BCUT2D eigenvalue weighted by Crippen LogP contribution is -2.04. The number of pyridine rings is 1. The Bertz CT molecular complexity index is 719. The van der Waals surface area contributed by atoms with E-state index < -0.39 is 11.9 Å². The molecule has 0 aromatic carbocycles. The standard InChI is InChI=1S/C12H7F3N4/c13-12(14,15)10-7-19-11(17-10)2-1-9(18-19)8-3-5-16-6-4-8/h1-7H. The summed E-state index contributed by atoms with van der Waals surface area (Å²) in [7, 11) is 0. The van der Waals surface area contributed by atoms with E-state index in [9.17, 15) is 13.2 Å². The average molecular weight is 264 g/mol. The van der Waals surface area contributed by atoms with Crippen molar-refractivity contribution in [1.82, 2.24) is 19.6 Å². The van der Waals surface area contributed by atoms with Gasteiger partial charge >= 0.3 is 6.18 Å². The Morgan fingerprint density at radius 1 is 1.00 bits per heavy atom. The van der Waals surface area contributed by atoms with Crippen molar-refractivity contribution in [3.63, 3.8) is 0 Å². The Kier molecular flexibility index (Phi) is 2.48. The van der Waals surface area contributed by atoms with Gasteiger partial charge in [-0.1, -0.05) is 0 Å². The van der Waals surface area contributed by atoms with Crippen LogP contribution in [0.4, 0.5) is 13.2 Å². The van der Waals surface area contributed by atoms with Crippen LogP contribution in [0.25, 0.3) is 16.9 Å². The third-order valence-corrected chi connectivity index (χ3v) is 2.59. The lowest BCUT2D eigenvalue weighted by atomic mass is 10.2. The van der Waals surface area contributed by atoms with Gasteiger partial charge in [-0.15, -0.1) is 0 Å². The largest absolute Gasteiger partial charge is 0.434 e. The third-order valence-electron chi connectivity index (χ3n) is 2.59. The molecular weight excluding hydrogens is 257 g/mol. The molecule has 0 aliphatic rings. The number of nitrogens with zero attached hydrogens (tertiary/aromatic N) is 4. The summed E-state index contributed by atoms with van der Waals surface area (Å²) in [6.07, 6.45) is -0.406. The molecule has 0 aliphatic carbocycles. The van der Waals surface area contributed by atoms with Crippen LogP contribution < -0.4 is 0 Å². The number of aromatic nitrogens is 4. The van der Waals surface area contributed by atoms with Crippen molar-refractivity contribution in [3.8, 4) is 11.3 Å². The van der Waals surface area contributed by atoms with Crippen LogP contribution in [0, 0.1) is 0 Å². The van der Waals surface area contributed by atoms with Gasteiger partial charge in [0, 0.05) is 18.0 Å². The smallest absolute Gasteiger partial charge is 0.265 e. The first-order valence-electron chi connectivity index (χ1n) is 5.38. The van der Waals surface area contributed by atoms with Crippen molar-refractivity contribution in [2.75, 3.05) is 0 Å². The van der Waals surface area contributed by atoms with E-state index in [1.54, 1.807) is 30.6 Å². The zero-order chi connectivity index (χ0) is 13.5. The molecule has 96 valence electrons. The van der Waals surface area contributed by atoms with E-state index in [4.69, 9.17) is 0 Å². The van der Waals surface area contributed by atoms with Gasteiger partial charge in [-0.25, -0.2) is 9.50 Å². The van der Waals surface area contributed by atoms with Crippen molar-refractivity contribution >= 4 is 5.65 Å². The van der Waals surface area contributed by atoms with Crippen molar-refractivity contribution < 1.29 is 13.2 Å². The fraction of sp³-hybridized carbons (Fsp3) is 0.0833. The van der Waals surface area contributed by atoms with E-state index >= 15 is 0 Å². The Balaban J connectivity index is 2.11. The first kappa shape index (κ1) is 11.6. The molecule has 3 aromatic rings. The number of alkyl halides is 3. The zero-order valence-corrected chi connectivity index (χ0v) is 9.46. The number of imidazole rings is 1. The molecule has 0 atom stereocenters. The molecule has 7 heteroatoms. The van der Waals surface area contributed by atoms with Crippen LogP contribution in [0.3, 0.4) is 0 Å². The van der Waals surface area contributed by atoms with Gasteiger partial charge in [0.25, 0.3) is 0 Å². The van der Waals surface area contributed by atoms with Gasteiger partial charge in [0.1, 0.15) is 0 Å². The van der Waals surface area contributed by atoms with E-state index in [-0.39, 0.29) is 5.65 Å². The third kappa shape index (κ3) is 2.14. The van der Waals surface area contributed by atoms with E-state index in [2.05, 4.69) is 15.1 Å². The molecule has 19 heavy (non-hydrogen) atoms. The van der Waals surface area contributed by atoms with E-state index in [0.29, 0.717) is 5.69 Å². The molecule has 3 heterocycles. The maximum absolute atomic E-state index is 12.5. The SMILES string of the molecule is FC(F)(F)c1cn2nc(-c3ccncc3)ccc2n1. The summed E-state index contributed by atoms with van der Waals surface area (Å²) in [6.45, 7) is 0. The van der Waals surface area contributed by atoms with Gasteiger partial charge in [-0.3, -0.25) is 4.98 Å². The minimum atomic E-state index is -4.47. The molecule has 4 nitrogen and oxygen atoms in total. The Morgan fingerprint density at radius 2 is 1.74 bits per heavy atom. The molecule has 0 aliphatic heterocycles. The lowest BCUT2D eigenvalue weighted by Gasteiger charge is -2.00. The maximum Gasteiger partial charge on any atom is 0.434 e. The van der Waals surface area contributed by atoms with Gasteiger partial charge < -0.3 is 0 Å². The van der Waals surface area contributed by atoms with Gasteiger partial charge in [0.15, 0.2) is 11.3 Å². The highest BCUT2D eigenvalue weighted by Crippen LogP contribution is 2.28. The molecule has 0 spiro atoms. The van der Waals surface area contributed by atoms with Crippen LogP contribution in [-0.2, 0) is 6.18 Å². The second-order valence-corrected chi connectivity index (χ2v) is 3.88. The van der Waals surface area contributed by atoms with Crippen molar-refractivity contribution in [1.29, 1.82) is 0 Å². The molecule has 0 bridgehead atoms. The fourth-order valence-electron chi connectivity index (χ4n) is 1.70. The summed E-state index contributed by atoms with van der Waals surface area (Å²) < 4.78 is 38.7. The Morgan fingerprint density at radius 3 is 2.42 bits per heavy atom. The van der Waals surface area contributed by atoms with E-state index in [0.717, 1.165) is 16.3 Å². The monoisotopic (exact) mass is 264 g/mol. The Hall–Kier alpha value is -2.44. The van der Waals surface area contributed by atoms with Crippen molar-refractivity contribution in [3.05, 3.63) is 48.5 Å². The molecular formula is C12H7F3N4. The van der Waals surface area contributed by atoms with Crippen LogP contribution >= 0.6 is 0 Å². The van der Waals surface area contributed by atoms with Crippen molar-refractivity contribution in [2.45, 2.75) is 6.18 Å². The van der Waals surface area contributed by atoms with Crippen LogP contribution in [0.15, 0.2) is 42.9 Å². The second kappa shape index (κ2) is 4.04. The fourth-order valence-corrected chi connectivity index (χ4v) is 1.70. The highest BCUT2D eigenvalue weighted by atomic mass is 19.4. The van der Waals surface area contributed by atoms with Crippen LogP contribution in [-0.4, -0.2) is 19.6 Å². The second-order valence-electron chi connectivity index (χ2n) is 3.88. The van der Waals surface area contributed by atoms with Crippen molar-refractivity contribution in [2.24, 2.45) is 0 Å². The molecule has 0 saturated heterocycles. The molecule has 0 N–H and O–H groups in total. The topological polar surface area (TPSA) is 43.1 Å². The number of fused-ring (bicyclic) bond motifs is 1. The van der Waals surface area contributed by atoms with Crippen LogP contribution in [0.2, 0.25) is 0 Å². The number of rotatable bonds is 1. The molecule has 0 radical (unpaired) electrons. The molecule has 0 saturated carbocycles. The average Bonchev–Trinajstić information content (AvgIpc) is 2.82. The highest BCUT2D eigenvalue weighted by Gasteiger charge is 2.34. The lowest BCUT2D eigenvalue weighted by molar-refractivity contribution is -0.140. The summed E-state index contributed by atoms with van der Waals surface area (Å²) in [5.41, 5.74) is 0.539. The minimum Gasteiger partial charge on any atom is -0.265 e. The summed E-state index contributed by atoms with van der Waals surface area (Å²) in [4.78, 5) is 7.36. The quantitative estimate of drug-likeness (QED) is 0.678. The summed E-state index contributed by atoms with van der Waals surface area (Å²) in [5, 5.41) is 4.11. The van der Waals surface area contributed by atoms with E-state index in [1.807, 2.05) is 0 Å². The van der Waals surface area contributed by atoms with Gasteiger partial charge in [-0.2, -0.15) is 18.3 Å². The number of hydrogen-bond donors (Lipinski definition) is 0. The molecule has 0 amide bonds. The van der Waals surface area contributed by atoms with Gasteiger partial charge in [-0.05, 0) is 24.3 Å². The number of halogens is 3. The number of hydrogen-bond acceptors (Lipinski definition) is 3. The van der Waals surface area contributed by atoms with Gasteiger partial charge in [0.2, 0.25) is 0 Å². The summed E-state index contributed by atoms with van der Waals surface area (Å²) >= 11 is 0. The van der Waals surface area contributed by atoms with E-state index in [1.165, 1.54) is 6.07 Å². The van der Waals surface area contributed by atoms with Crippen LogP contribution in [0.5, 0.6) is 0 Å². The predicted molar refractivity (Wildman–Crippen MR) is 61.2 cm³/mol. The highest BCUT2D eigenvalue weighted by molar-refractivity contribution is 5.59. The normalized spacial score (nSPS) is 11.9. The molecule has 0 fully saturated rings. The first-order valence-corrected chi connectivity index (χ1v) is 5.38. The minimum absolute atomic E-state index is 0.158. The maximum atomic E-state index is 12.5. The first-order chi connectivity index (χ1) is 9.04. The predicted octanol–water partition coefficient (Wildman–Crippen LogP) is 2.81. The van der Waals surface area contributed by atoms with Gasteiger partial charge in [0.05, 0.1) is 11.9 Å². The summed E-state index contributed by atoms with van der Waals surface area (Å²) in [6, 6.07) is 6.58. The van der Waals surface area contributed by atoms with Crippen LogP contribution in [0.1, 0.15) is 5.69 Å². The zero-order valence-electron chi connectivity index (χ0n) is 9.46. The summed E-state index contributed by atoms with van der Waals surface area (Å²) in [5.74, 6) is 0.